The van der Waals surface area contributed by atoms with Crippen LogP contribution < -0.4 is 5.32 Å². The van der Waals surface area contributed by atoms with Crippen molar-refractivity contribution in [3.63, 3.8) is 0 Å². The van der Waals surface area contributed by atoms with Crippen LogP contribution in [0.1, 0.15) is 46.5 Å². The van der Waals surface area contributed by atoms with Gasteiger partial charge in [0.2, 0.25) is 0 Å². The van der Waals surface area contributed by atoms with Crippen molar-refractivity contribution in [1.29, 1.82) is 0 Å². The molecular weight excluding hydrogens is 198 g/mol. The third kappa shape index (κ3) is 6.29. The van der Waals surface area contributed by atoms with Crippen LogP contribution in [0.5, 0.6) is 0 Å². The summed E-state index contributed by atoms with van der Waals surface area (Å²) in [6.45, 7) is 9.69. The average Bonchev–Trinajstić information content (AvgIpc) is 2.25. The molecule has 1 aliphatic heterocycles. The van der Waals surface area contributed by atoms with Gasteiger partial charge in [-0.1, -0.05) is 25.5 Å². The normalized spacial score (nSPS) is 19.4. The fraction of sp³-hybridized carbons (Fsp3) is 0.857. The maximum atomic E-state index is 5.38. The zero-order chi connectivity index (χ0) is 11.8. The number of rotatable bonds is 6. The first kappa shape index (κ1) is 13.7. The van der Waals surface area contributed by atoms with E-state index in [9.17, 15) is 0 Å². The molecule has 1 N–H and O–H groups in total. The number of hydrogen-bond donors (Lipinski definition) is 1. The summed E-state index contributed by atoms with van der Waals surface area (Å²) in [5, 5.41) is 3.44. The topological polar surface area (TPSA) is 21.3 Å². The summed E-state index contributed by atoms with van der Waals surface area (Å²) in [7, 11) is 0. The van der Waals surface area contributed by atoms with Gasteiger partial charge in [-0.25, -0.2) is 0 Å². The second-order valence-electron chi connectivity index (χ2n) is 5.21. The molecule has 2 nitrogen and oxygen atoms in total. The van der Waals surface area contributed by atoms with E-state index in [1.54, 1.807) is 5.57 Å². The van der Waals surface area contributed by atoms with Gasteiger partial charge >= 0.3 is 0 Å². The Labute approximate surface area is 100 Å². The van der Waals surface area contributed by atoms with Gasteiger partial charge in [-0.15, -0.1) is 0 Å². The number of nitrogens with one attached hydrogen (secondary N) is 1. The minimum absolute atomic E-state index is 0.601. The monoisotopic (exact) mass is 225 g/mol. The molecule has 94 valence electrons. The van der Waals surface area contributed by atoms with E-state index in [4.69, 9.17) is 4.74 Å². The van der Waals surface area contributed by atoms with Gasteiger partial charge in [-0.3, -0.25) is 0 Å². The second-order valence-corrected chi connectivity index (χ2v) is 5.21. The van der Waals surface area contributed by atoms with Crippen LogP contribution in [0.3, 0.4) is 0 Å². The molecule has 1 aliphatic rings. The van der Waals surface area contributed by atoms with Crippen LogP contribution in [0.15, 0.2) is 11.6 Å². The highest BCUT2D eigenvalue weighted by Gasteiger charge is 2.13. The molecule has 1 saturated heterocycles. The quantitative estimate of drug-likeness (QED) is 0.554. The molecular formula is C14H27NO. The Morgan fingerprint density at radius 3 is 2.69 bits per heavy atom. The zero-order valence-electron chi connectivity index (χ0n) is 11.1. The maximum Gasteiger partial charge on any atom is 0.0468 e. The lowest BCUT2D eigenvalue weighted by Gasteiger charge is -2.22. The van der Waals surface area contributed by atoms with E-state index in [0.29, 0.717) is 6.04 Å². The Hall–Kier alpha value is -0.340. The minimum atomic E-state index is 0.601. The summed E-state index contributed by atoms with van der Waals surface area (Å²) in [5.41, 5.74) is 1.55. The molecule has 0 atom stereocenters. The Balaban J connectivity index is 2.12. The van der Waals surface area contributed by atoms with Crippen molar-refractivity contribution in [3.8, 4) is 0 Å². The first-order valence-corrected chi connectivity index (χ1v) is 6.65. The van der Waals surface area contributed by atoms with E-state index < -0.39 is 0 Å². The van der Waals surface area contributed by atoms with Crippen molar-refractivity contribution in [3.05, 3.63) is 11.6 Å². The van der Waals surface area contributed by atoms with Crippen LogP contribution >= 0.6 is 0 Å². The van der Waals surface area contributed by atoms with Gasteiger partial charge in [0, 0.05) is 19.3 Å². The molecule has 0 unspecified atom stereocenters. The standard InChI is InChI=1S/C14H27NO/c1-12(2)15-8-4-5-13(3)11-14-6-9-16-10-7-14/h5,12,14-15H,4,6-11H2,1-3H3. The second kappa shape index (κ2) is 7.86. The molecule has 16 heavy (non-hydrogen) atoms. The van der Waals surface area contributed by atoms with Gasteiger partial charge in [0.15, 0.2) is 0 Å². The molecule has 2 heteroatoms. The summed E-state index contributed by atoms with van der Waals surface area (Å²) in [4.78, 5) is 0. The molecule has 0 aromatic heterocycles. The Kier molecular flexibility index (Phi) is 6.74. The summed E-state index contributed by atoms with van der Waals surface area (Å²) in [5.74, 6) is 0.864. The van der Waals surface area contributed by atoms with Crippen LogP contribution in [0, 0.1) is 5.92 Å². The summed E-state index contributed by atoms with van der Waals surface area (Å²) in [6, 6.07) is 0.601. The van der Waals surface area contributed by atoms with Crippen molar-refractivity contribution in [1.82, 2.24) is 5.32 Å². The SMILES string of the molecule is CC(=CCCNC(C)C)CC1CCOCC1. The fourth-order valence-electron chi connectivity index (χ4n) is 2.18. The first-order chi connectivity index (χ1) is 7.68. The highest BCUT2D eigenvalue weighted by molar-refractivity contribution is 4.99. The predicted molar refractivity (Wildman–Crippen MR) is 69.7 cm³/mol. The molecule has 1 rings (SSSR count). The smallest absolute Gasteiger partial charge is 0.0468 e. The van der Waals surface area contributed by atoms with E-state index in [1.807, 2.05) is 0 Å². The van der Waals surface area contributed by atoms with E-state index in [0.717, 1.165) is 32.1 Å². The highest BCUT2D eigenvalue weighted by atomic mass is 16.5. The van der Waals surface area contributed by atoms with Crippen LogP contribution in [-0.2, 0) is 4.74 Å². The van der Waals surface area contributed by atoms with Gasteiger partial charge in [-0.05, 0) is 45.1 Å². The predicted octanol–water partition coefficient (Wildman–Crippen LogP) is 3.14. The summed E-state index contributed by atoms with van der Waals surface area (Å²) >= 11 is 0. The molecule has 0 bridgehead atoms. The number of hydrogen-bond acceptors (Lipinski definition) is 2. The van der Waals surface area contributed by atoms with Crippen molar-refractivity contribution >= 4 is 0 Å². The minimum Gasteiger partial charge on any atom is -0.381 e. The molecule has 0 spiro atoms. The van der Waals surface area contributed by atoms with Gasteiger partial charge in [-0.2, -0.15) is 0 Å². The van der Waals surface area contributed by atoms with Crippen molar-refractivity contribution in [2.75, 3.05) is 19.8 Å². The lowest BCUT2D eigenvalue weighted by molar-refractivity contribution is 0.0665. The third-order valence-corrected chi connectivity index (χ3v) is 3.14. The van der Waals surface area contributed by atoms with Crippen LogP contribution in [-0.4, -0.2) is 25.8 Å². The fourth-order valence-corrected chi connectivity index (χ4v) is 2.18. The molecule has 1 fully saturated rings. The third-order valence-electron chi connectivity index (χ3n) is 3.14. The van der Waals surface area contributed by atoms with Crippen molar-refractivity contribution in [2.45, 2.75) is 52.5 Å². The van der Waals surface area contributed by atoms with Crippen molar-refractivity contribution in [2.24, 2.45) is 5.92 Å². The van der Waals surface area contributed by atoms with Gasteiger partial charge in [0.1, 0.15) is 0 Å². The van der Waals surface area contributed by atoms with E-state index in [-0.39, 0.29) is 0 Å². The molecule has 0 aromatic rings. The average molecular weight is 225 g/mol. The van der Waals surface area contributed by atoms with Gasteiger partial charge in [0.05, 0.1) is 0 Å². The maximum absolute atomic E-state index is 5.38. The van der Waals surface area contributed by atoms with Crippen LogP contribution in [0.2, 0.25) is 0 Å². The highest BCUT2D eigenvalue weighted by Crippen LogP contribution is 2.22. The molecule has 0 aliphatic carbocycles. The number of ether oxygens (including phenoxy) is 1. The molecule has 0 saturated carbocycles. The van der Waals surface area contributed by atoms with E-state index >= 15 is 0 Å². The van der Waals surface area contributed by atoms with E-state index in [2.05, 4.69) is 32.2 Å². The van der Waals surface area contributed by atoms with E-state index in [1.165, 1.54) is 19.3 Å². The zero-order valence-corrected chi connectivity index (χ0v) is 11.1. The lowest BCUT2D eigenvalue weighted by atomic mass is 9.92. The Bertz CT molecular complexity index is 205. The van der Waals surface area contributed by atoms with Crippen LogP contribution in [0.4, 0.5) is 0 Å². The molecule has 0 amide bonds. The number of allylic oxidation sites excluding steroid dienone is 1. The van der Waals surface area contributed by atoms with Crippen LogP contribution in [0.25, 0.3) is 0 Å². The molecule has 1 heterocycles. The first-order valence-electron chi connectivity index (χ1n) is 6.65. The Morgan fingerprint density at radius 1 is 1.38 bits per heavy atom. The van der Waals surface area contributed by atoms with Crippen molar-refractivity contribution < 1.29 is 4.74 Å². The lowest BCUT2D eigenvalue weighted by Crippen LogP contribution is -2.23. The Morgan fingerprint density at radius 2 is 2.06 bits per heavy atom. The molecule has 0 aromatic carbocycles. The largest absolute Gasteiger partial charge is 0.381 e. The summed E-state index contributed by atoms with van der Waals surface area (Å²) in [6.07, 6.45) is 7.31. The van der Waals surface area contributed by atoms with Gasteiger partial charge in [0.25, 0.3) is 0 Å². The summed E-state index contributed by atoms with van der Waals surface area (Å²) < 4.78 is 5.38. The molecule has 0 radical (unpaired) electrons. The van der Waals surface area contributed by atoms with Gasteiger partial charge < -0.3 is 10.1 Å².